The summed E-state index contributed by atoms with van der Waals surface area (Å²) in [6.45, 7) is 1.96. The Hall–Kier alpha value is -3.14. The molecule has 2 atom stereocenters. The number of carbonyl (C=O) groups is 1. The molecule has 168 valence electrons. The van der Waals surface area contributed by atoms with Gasteiger partial charge in [-0.15, -0.1) is 0 Å². The molecule has 1 N–H and O–H groups in total. The Kier molecular flexibility index (Phi) is 6.79. The van der Waals surface area contributed by atoms with Crippen LogP contribution in [0.25, 0.3) is 0 Å². The maximum atomic E-state index is 12.8. The SMILES string of the molecule is COc1ccc(N([C@H](C)C(=O)NC[C@H]2COc3ccccc3O2)S(C)(=O)=O)cc1OC. The molecule has 2 aromatic rings. The zero-order chi connectivity index (χ0) is 22.6. The number of amides is 1. The van der Waals surface area contributed by atoms with Gasteiger partial charge in [0.2, 0.25) is 15.9 Å². The van der Waals surface area contributed by atoms with Crippen LogP contribution < -0.4 is 28.6 Å². The summed E-state index contributed by atoms with van der Waals surface area (Å²) >= 11 is 0. The third-order valence-corrected chi connectivity index (χ3v) is 6.02. The molecule has 0 aliphatic carbocycles. The molecular weight excluding hydrogens is 424 g/mol. The Bertz CT molecular complexity index is 1040. The van der Waals surface area contributed by atoms with Crippen molar-refractivity contribution in [2.75, 3.05) is 37.9 Å². The number of sulfonamides is 1. The second kappa shape index (κ2) is 9.34. The first-order valence-corrected chi connectivity index (χ1v) is 11.5. The van der Waals surface area contributed by atoms with Crippen LogP contribution in [0.4, 0.5) is 5.69 Å². The maximum Gasteiger partial charge on any atom is 0.243 e. The molecule has 1 amide bonds. The molecule has 0 saturated heterocycles. The van der Waals surface area contributed by atoms with E-state index >= 15 is 0 Å². The fourth-order valence-electron chi connectivity index (χ4n) is 3.30. The molecule has 0 radical (unpaired) electrons. The van der Waals surface area contributed by atoms with E-state index in [1.54, 1.807) is 24.3 Å². The van der Waals surface area contributed by atoms with Crippen LogP contribution in [0.3, 0.4) is 0 Å². The highest BCUT2D eigenvalue weighted by molar-refractivity contribution is 7.92. The average Bonchev–Trinajstić information content (AvgIpc) is 2.76. The van der Waals surface area contributed by atoms with Crippen LogP contribution in [0.5, 0.6) is 23.0 Å². The monoisotopic (exact) mass is 450 g/mol. The number of fused-ring (bicyclic) bond motifs is 1. The van der Waals surface area contributed by atoms with Crippen molar-refractivity contribution in [1.29, 1.82) is 0 Å². The molecule has 2 aromatic carbocycles. The number of carbonyl (C=O) groups excluding carboxylic acids is 1. The molecule has 0 fully saturated rings. The van der Waals surface area contributed by atoms with Crippen molar-refractivity contribution in [3.05, 3.63) is 42.5 Å². The molecule has 3 rings (SSSR count). The third-order valence-electron chi connectivity index (χ3n) is 4.78. The first kappa shape index (κ1) is 22.5. The number of rotatable bonds is 8. The molecule has 31 heavy (non-hydrogen) atoms. The predicted molar refractivity (Wildman–Crippen MR) is 116 cm³/mol. The van der Waals surface area contributed by atoms with Crippen LogP contribution in [0.15, 0.2) is 42.5 Å². The fraction of sp³-hybridized carbons (Fsp3) is 0.381. The summed E-state index contributed by atoms with van der Waals surface area (Å²) < 4.78 is 48.0. The summed E-state index contributed by atoms with van der Waals surface area (Å²) in [7, 11) is -0.835. The van der Waals surface area contributed by atoms with E-state index in [9.17, 15) is 13.2 Å². The molecule has 1 heterocycles. The van der Waals surface area contributed by atoms with Gasteiger partial charge in [0.05, 0.1) is 32.7 Å². The Labute approximate surface area is 181 Å². The number of hydrogen-bond donors (Lipinski definition) is 1. The van der Waals surface area contributed by atoms with Crippen molar-refractivity contribution in [3.8, 4) is 23.0 Å². The quantitative estimate of drug-likeness (QED) is 0.654. The van der Waals surface area contributed by atoms with Crippen LogP contribution >= 0.6 is 0 Å². The Morgan fingerprint density at radius 2 is 1.84 bits per heavy atom. The van der Waals surface area contributed by atoms with Gasteiger partial charge in [-0.05, 0) is 31.2 Å². The summed E-state index contributed by atoms with van der Waals surface area (Å²) in [5, 5.41) is 2.75. The number of ether oxygens (including phenoxy) is 4. The highest BCUT2D eigenvalue weighted by Crippen LogP contribution is 2.33. The van der Waals surface area contributed by atoms with E-state index in [0.717, 1.165) is 10.6 Å². The van der Waals surface area contributed by atoms with E-state index in [0.29, 0.717) is 23.0 Å². The van der Waals surface area contributed by atoms with Gasteiger partial charge in [0.15, 0.2) is 23.0 Å². The number of hydrogen-bond acceptors (Lipinski definition) is 7. The summed E-state index contributed by atoms with van der Waals surface area (Å²) in [4.78, 5) is 12.8. The molecule has 0 saturated carbocycles. The van der Waals surface area contributed by atoms with Crippen LogP contribution in [0, 0.1) is 0 Å². The maximum absolute atomic E-state index is 12.8. The average molecular weight is 451 g/mol. The molecule has 9 nitrogen and oxygen atoms in total. The predicted octanol–water partition coefficient (Wildman–Crippen LogP) is 1.81. The first-order valence-electron chi connectivity index (χ1n) is 9.62. The summed E-state index contributed by atoms with van der Waals surface area (Å²) in [6.07, 6.45) is 0.654. The van der Waals surface area contributed by atoms with E-state index in [1.807, 2.05) is 12.1 Å². The number of methoxy groups -OCH3 is 2. The lowest BCUT2D eigenvalue weighted by atomic mass is 10.2. The van der Waals surface area contributed by atoms with Gasteiger partial charge >= 0.3 is 0 Å². The second-order valence-corrected chi connectivity index (χ2v) is 8.88. The van der Waals surface area contributed by atoms with Gasteiger partial charge in [-0.2, -0.15) is 0 Å². The van der Waals surface area contributed by atoms with Gasteiger partial charge in [0.25, 0.3) is 0 Å². The smallest absolute Gasteiger partial charge is 0.243 e. The molecular formula is C21H26N2O7S. The van der Waals surface area contributed by atoms with Gasteiger partial charge in [-0.3, -0.25) is 9.10 Å². The standard InChI is InChI=1S/C21H26N2O7S/c1-14(21(24)22-12-16-13-29-18-7-5-6-8-19(18)30-16)23(31(4,25)26)15-9-10-17(27-2)20(11-15)28-3/h5-11,14,16H,12-13H2,1-4H3,(H,22,24)/t14-,16+/m1/s1. The minimum Gasteiger partial charge on any atom is -0.493 e. The fourth-order valence-corrected chi connectivity index (χ4v) is 4.46. The van der Waals surface area contributed by atoms with Gasteiger partial charge in [0, 0.05) is 6.07 Å². The van der Waals surface area contributed by atoms with Crippen molar-refractivity contribution >= 4 is 21.6 Å². The molecule has 0 spiro atoms. The van der Waals surface area contributed by atoms with Gasteiger partial charge < -0.3 is 24.3 Å². The number of nitrogens with zero attached hydrogens (tertiary/aromatic N) is 1. The normalized spacial score (nSPS) is 16.2. The van der Waals surface area contributed by atoms with Crippen molar-refractivity contribution in [3.63, 3.8) is 0 Å². The number of para-hydroxylation sites is 2. The lowest BCUT2D eigenvalue weighted by Gasteiger charge is -2.30. The molecule has 0 unspecified atom stereocenters. The topological polar surface area (TPSA) is 103 Å². The third kappa shape index (κ3) is 5.13. The summed E-state index contributed by atoms with van der Waals surface area (Å²) in [5.41, 5.74) is 0.286. The van der Waals surface area contributed by atoms with Crippen molar-refractivity contribution in [2.45, 2.75) is 19.1 Å². The van der Waals surface area contributed by atoms with E-state index in [-0.39, 0.29) is 24.9 Å². The van der Waals surface area contributed by atoms with Gasteiger partial charge in [-0.1, -0.05) is 12.1 Å². The van der Waals surface area contributed by atoms with Crippen LogP contribution in [0.1, 0.15) is 6.92 Å². The van der Waals surface area contributed by atoms with Crippen LogP contribution in [0.2, 0.25) is 0 Å². The number of anilines is 1. The summed E-state index contributed by atoms with van der Waals surface area (Å²) in [5.74, 6) is 1.58. The van der Waals surface area contributed by atoms with Gasteiger partial charge in [0.1, 0.15) is 18.8 Å². The number of nitrogens with one attached hydrogen (secondary N) is 1. The molecule has 1 aliphatic rings. The highest BCUT2D eigenvalue weighted by Gasteiger charge is 2.31. The zero-order valence-electron chi connectivity index (χ0n) is 17.8. The summed E-state index contributed by atoms with van der Waals surface area (Å²) in [6, 6.07) is 10.9. The lowest BCUT2D eigenvalue weighted by Crippen LogP contribution is -2.50. The van der Waals surface area contributed by atoms with E-state index < -0.39 is 22.0 Å². The molecule has 10 heteroatoms. The highest BCUT2D eigenvalue weighted by atomic mass is 32.2. The van der Waals surface area contributed by atoms with Crippen molar-refractivity contribution in [2.24, 2.45) is 0 Å². The van der Waals surface area contributed by atoms with E-state index in [2.05, 4.69) is 5.32 Å². The molecule has 0 aromatic heterocycles. The second-order valence-electron chi connectivity index (χ2n) is 7.02. The first-order chi connectivity index (χ1) is 14.7. The molecule has 0 bridgehead atoms. The molecule has 1 aliphatic heterocycles. The van der Waals surface area contributed by atoms with E-state index in [4.69, 9.17) is 18.9 Å². The Balaban J connectivity index is 1.72. The Morgan fingerprint density at radius 1 is 1.16 bits per heavy atom. The van der Waals surface area contributed by atoms with Crippen LogP contribution in [-0.4, -0.2) is 60.1 Å². The largest absolute Gasteiger partial charge is 0.493 e. The lowest BCUT2D eigenvalue weighted by molar-refractivity contribution is -0.122. The van der Waals surface area contributed by atoms with Crippen LogP contribution in [-0.2, 0) is 14.8 Å². The van der Waals surface area contributed by atoms with Crippen molar-refractivity contribution < 1.29 is 32.2 Å². The van der Waals surface area contributed by atoms with E-state index in [1.165, 1.54) is 27.2 Å². The number of benzene rings is 2. The van der Waals surface area contributed by atoms with Gasteiger partial charge in [-0.25, -0.2) is 8.42 Å². The zero-order valence-corrected chi connectivity index (χ0v) is 18.6. The van der Waals surface area contributed by atoms with Crippen molar-refractivity contribution in [1.82, 2.24) is 5.32 Å². The minimum atomic E-state index is -3.77. The Morgan fingerprint density at radius 3 is 2.48 bits per heavy atom. The minimum absolute atomic E-state index is 0.168.